The zero-order chi connectivity index (χ0) is 30.1. The molecule has 2 fully saturated rings. The highest BCUT2D eigenvalue weighted by Crippen LogP contribution is 2.32. The number of rotatable bonds is 11. The van der Waals surface area contributed by atoms with Crippen molar-refractivity contribution in [2.45, 2.75) is 68.3 Å². The number of aliphatic hydroxyl groups excluding tert-OH is 3. The van der Waals surface area contributed by atoms with Gasteiger partial charge in [0.25, 0.3) is 0 Å². The minimum Gasteiger partial charge on any atom is -0.479 e. The molecular formula is C14H23NO21S3. The fraction of sp³-hybridized carbons (Fsp3) is 0.857. The highest BCUT2D eigenvalue weighted by Gasteiger charge is 2.55. The Balaban J connectivity index is 2.61. The van der Waals surface area contributed by atoms with E-state index in [0.717, 1.165) is 6.92 Å². The van der Waals surface area contributed by atoms with Crippen LogP contribution in [0.4, 0.5) is 0 Å². The molecule has 10 atom stereocenters. The zero-order valence-electron chi connectivity index (χ0n) is 19.1. The van der Waals surface area contributed by atoms with Crippen molar-refractivity contribution in [1.29, 1.82) is 0 Å². The third-order valence-electron chi connectivity index (χ3n) is 4.96. The molecule has 39 heavy (non-hydrogen) atoms. The predicted molar refractivity (Wildman–Crippen MR) is 112 cm³/mol. The Morgan fingerprint density at radius 2 is 1.36 bits per heavy atom. The highest BCUT2D eigenvalue weighted by atomic mass is 32.3. The molecule has 1 unspecified atom stereocenters. The monoisotopic (exact) mass is 637 g/mol. The van der Waals surface area contributed by atoms with Crippen molar-refractivity contribution in [2.24, 2.45) is 0 Å². The molecule has 2 saturated heterocycles. The van der Waals surface area contributed by atoms with Crippen LogP contribution in [0.3, 0.4) is 0 Å². The lowest BCUT2D eigenvalue weighted by molar-refractivity contribution is -0.330. The Morgan fingerprint density at radius 3 is 1.82 bits per heavy atom. The average molecular weight is 638 g/mol. The summed E-state index contributed by atoms with van der Waals surface area (Å²) in [5, 5.41) is 41.9. The molecule has 228 valence electrons. The first kappa shape index (κ1) is 33.5. The highest BCUT2D eigenvalue weighted by molar-refractivity contribution is 7.81. The molecule has 0 saturated carbocycles. The zero-order valence-corrected chi connectivity index (χ0v) is 21.5. The summed E-state index contributed by atoms with van der Waals surface area (Å²) >= 11 is 0. The topological polar surface area (TPSA) is 346 Å². The van der Waals surface area contributed by atoms with E-state index in [2.05, 4.69) is 12.5 Å². The fourth-order valence-electron chi connectivity index (χ4n) is 3.56. The van der Waals surface area contributed by atoms with Crippen LogP contribution in [0.1, 0.15) is 6.92 Å². The van der Waals surface area contributed by atoms with E-state index in [0.29, 0.717) is 0 Å². The van der Waals surface area contributed by atoms with E-state index in [1.54, 1.807) is 0 Å². The fourth-order valence-corrected chi connectivity index (χ4v) is 4.87. The smallest absolute Gasteiger partial charge is 0.397 e. The van der Waals surface area contributed by atoms with E-state index in [1.165, 1.54) is 0 Å². The normalized spacial score (nSPS) is 36.3. The third kappa shape index (κ3) is 9.72. The first-order valence-electron chi connectivity index (χ1n) is 10.0. The van der Waals surface area contributed by atoms with E-state index in [-0.39, 0.29) is 0 Å². The van der Waals surface area contributed by atoms with Gasteiger partial charge in [-0.1, -0.05) is 0 Å². The van der Waals surface area contributed by atoms with Crippen molar-refractivity contribution >= 4 is 43.1 Å². The van der Waals surface area contributed by atoms with Gasteiger partial charge in [0.2, 0.25) is 5.91 Å². The van der Waals surface area contributed by atoms with Gasteiger partial charge in [0, 0.05) is 6.92 Å². The third-order valence-corrected chi connectivity index (χ3v) is 6.33. The quantitative estimate of drug-likeness (QED) is 0.0978. The number of aliphatic carboxylic acids is 1. The van der Waals surface area contributed by atoms with Gasteiger partial charge in [-0.3, -0.25) is 18.5 Å². The van der Waals surface area contributed by atoms with E-state index in [1.807, 2.05) is 5.32 Å². The Bertz CT molecular complexity index is 1220. The van der Waals surface area contributed by atoms with Crippen molar-refractivity contribution in [1.82, 2.24) is 5.32 Å². The lowest BCUT2D eigenvalue weighted by Crippen LogP contribution is -2.68. The molecule has 0 aromatic rings. The van der Waals surface area contributed by atoms with Crippen LogP contribution in [0.5, 0.6) is 0 Å². The summed E-state index contributed by atoms with van der Waals surface area (Å²) in [7, 11) is -16.3. The number of aliphatic hydroxyl groups is 3. The second-order valence-corrected chi connectivity index (χ2v) is 11.0. The summed E-state index contributed by atoms with van der Waals surface area (Å²) in [6.07, 6.45) is -21.5. The van der Waals surface area contributed by atoms with E-state index >= 15 is 0 Å². The van der Waals surface area contributed by atoms with Gasteiger partial charge in [-0.2, -0.15) is 25.3 Å². The Kier molecular flexibility index (Phi) is 10.7. The summed E-state index contributed by atoms with van der Waals surface area (Å²) in [6, 6.07) is -1.99. The number of ether oxygens (including phenoxy) is 3. The lowest BCUT2D eigenvalue weighted by Gasteiger charge is -2.47. The van der Waals surface area contributed by atoms with Crippen LogP contribution in [-0.2, 0) is 67.5 Å². The molecule has 1 amide bonds. The molecule has 25 heteroatoms. The standard InChI is InChI=1S/C14H23NO21S3/c1-3(16)15-5-9(8(35-38(25,26)27)4(32-13(5)21)2-31-37(22,23)24)33-14-11(36-39(28,29)30)7(18)6(17)10(34-14)12(19)20/h4-11,13-14,17-18,21H,2H2,1H3,(H,15,16)(H,19,20)(H,22,23,24)(H,25,26,27)(H,28,29,30)/t4-,5-,6+,7+,8+,9-,10+,11-,13?,14-/m1/s1. The van der Waals surface area contributed by atoms with Gasteiger partial charge in [-0.15, -0.1) is 0 Å². The van der Waals surface area contributed by atoms with Crippen molar-refractivity contribution in [3.05, 3.63) is 0 Å². The molecule has 2 heterocycles. The second-order valence-electron chi connectivity index (χ2n) is 7.83. The summed E-state index contributed by atoms with van der Waals surface area (Å²) in [5.41, 5.74) is 0. The second kappa shape index (κ2) is 12.4. The molecule has 0 bridgehead atoms. The van der Waals surface area contributed by atoms with Crippen LogP contribution in [-0.4, -0.2) is 139 Å². The summed E-state index contributed by atoms with van der Waals surface area (Å²) in [4.78, 5) is 23.2. The minimum atomic E-state index is -5.55. The molecule has 0 aromatic carbocycles. The number of amides is 1. The van der Waals surface area contributed by atoms with Crippen molar-refractivity contribution in [3.8, 4) is 0 Å². The van der Waals surface area contributed by atoms with Crippen LogP contribution in [0.2, 0.25) is 0 Å². The van der Waals surface area contributed by atoms with Gasteiger partial charge in [-0.05, 0) is 0 Å². The molecule has 0 radical (unpaired) electrons. The number of carbonyl (C=O) groups is 2. The molecule has 0 aliphatic carbocycles. The number of carboxylic acids is 1. The number of hydrogen-bond acceptors (Lipinski definition) is 17. The molecule has 0 aromatic heterocycles. The van der Waals surface area contributed by atoms with E-state index < -0.39 is 111 Å². The Morgan fingerprint density at radius 1 is 0.821 bits per heavy atom. The van der Waals surface area contributed by atoms with Crippen LogP contribution in [0, 0.1) is 0 Å². The number of carboxylic acid groups (broad SMARTS) is 1. The Labute approximate surface area is 219 Å². The lowest BCUT2D eigenvalue weighted by atomic mass is 9.95. The van der Waals surface area contributed by atoms with Crippen molar-refractivity contribution in [3.63, 3.8) is 0 Å². The number of hydrogen-bond donors (Lipinski definition) is 8. The summed E-state index contributed by atoms with van der Waals surface area (Å²) in [5.74, 6) is -2.94. The maximum Gasteiger partial charge on any atom is 0.397 e. The average Bonchev–Trinajstić information content (AvgIpc) is 2.73. The molecule has 2 aliphatic heterocycles. The maximum atomic E-state index is 11.7. The van der Waals surface area contributed by atoms with Gasteiger partial charge < -0.3 is 40.0 Å². The maximum absolute atomic E-state index is 11.7. The SMILES string of the molecule is CC(=O)N[C@H]1C(O)O[C@H](COS(=O)(=O)O)[C@H](OS(=O)(=O)O)[C@@H]1O[C@@H]1O[C@H](C(=O)O)[C@@H](O)[C@H](O)[C@H]1OS(=O)(=O)O. The number of carbonyl (C=O) groups excluding carboxylic acids is 1. The van der Waals surface area contributed by atoms with Gasteiger partial charge >= 0.3 is 37.2 Å². The molecule has 0 spiro atoms. The molecule has 22 nitrogen and oxygen atoms in total. The minimum absolute atomic E-state index is 0.859. The Hall–Kier alpha value is -1.69. The number of nitrogens with one attached hydrogen (secondary N) is 1. The van der Waals surface area contributed by atoms with Gasteiger partial charge in [0.15, 0.2) is 24.8 Å². The summed E-state index contributed by atoms with van der Waals surface area (Å²) < 4.78 is 123. The molecule has 2 rings (SSSR count). The van der Waals surface area contributed by atoms with Crippen molar-refractivity contribution < 1.29 is 95.7 Å². The van der Waals surface area contributed by atoms with Crippen LogP contribution in [0.25, 0.3) is 0 Å². The first-order chi connectivity index (χ1) is 17.6. The van der Waals surface area contributed by atoms with Crippen molar-refractivity contribution in [2.75, 3.05) is 6.61 Å². The largest absolute Gasteiger partial charge is 0.479 e. The molecular weight excluding hydrogens is 614 g/mol. The van der Waals surface area contributed by atoms with Crippen LogP contribution in [0.15, 0.2) is 0 Å². The van der Waals surface area contributed by atoms with Crippen LogP contribution >= 0.6 is 0 Å². The predicted octanol–water partition coefficient (Wildman–Crippen LogP) is -5.68. The van der Waals surface area contributed by atoms with Crippen LogP contribution < -0.4 is 5.32 Å². The van der Waals surface area contributed by atoms with E-state index in [4.69, 9.17) is 23.3 Å². The molecule has 2 aliphatic rings. The van der Waals surface area contributed by atoms with Gasteiger partial charge in [-0.25, -0.2) is 17.3 Å². The summed E-state index contributed by atoms with van der Waals surface area (Å²) in [6.45, 7) is -0.504. The molecule has 8 N–H and O–H groups in total. The first-order valence-corrected chi connectivity index (χ1v) is 14.1. The van der Waals surface area contributed by atoms with Gasteiger partial charge in [0.05, 0.1) is 6.61 Å². The van der Waals surface area contributed by atoms with Gasteiger partial charge in [0.1, 0.15) is 36.6 Å². The van der Waals surface area contributed by atoms with E-state index in [9.17, 15) is 59.8 Å².